The molecule has 0 aliphatic rings. The second kappa shape index (κ2) is 7.78. The topological polar surface area (TPSA) is 107 Å². The standard InChI is InChI=1S/C18H19F2N7O2/c1-10-5-16(26-17(23-10)18(3,19)20)25-13-6-15(24-11(2)28)21-8-14(13)27-9-12(29-4)7-22-27/h5-9H,1-4H3,(H2,21,23,24,25,26,28). The third kappa shape index (κ3) is 4.81. The number of rotatable bonds is 6. The molecule has 0 aliphatic carbocycles. The molecule has 9 nitrogen and oxygen atoms in total. The van der Waals surface area contributed by atoms with Crippen molar-refractivity contribution in [3.05, 3.63) is 42.2 Å². The van der Waals surface area contributed by atoms with Crippen LogP contribution in [0.15, 0.2) is 30.7 Å². The number of hydrogen-bond acceptors (Lipinski definition) is 7. The van der Waals surface area contributed by atoms with Crippen LogP contribution in [0.25, 0.3) is 5.69 Å². The van der Waals surface area contributed by atoms with Gasteiger partial charge in [-0.25, -0.2) is 19.6 Å². The van der Waals surface area contributed by atoms with Crippen LogP contribution in [0, 0.1) is 6.92 Å². The van der Waals surface area contributed by atoms with E-state index < -0.39 is 11.7 Å². The van der Waals surface area contributed by atoms with Crippen LogP contribution in [-0.4, -0.2) is 37.7 Å². The van der Waals surface area contributed by atoms with Crippen molar-refractivity contribution in [3.8, 4) is 11.4 Å². The van der Waals surface area contributed by atoms with Gasteiger partial charge >= 0.3 is 5.92 Å². The molecule has 0 saturated carbocycles. The molecule has 11 heteroatoms. The summed E-state index contributed by atoms with van der Waals surface area (Å²) in [7, 11) is 1.51. The van der Waals surface area contributed by atoms with E-state index in [1.54, 1.807) is 19.2 Å². The van der Waals surface area contributed by atoms with E-state index in [0.29, 0.717) is 22.8 Å². The SMILES string of the molecule is COc1cnn(-c2cnc(NC(C)=O)cc2Nc2cc(C)nc(C(C)(F)F)n2)c1. The Bertz CT molecular complexity index is 1050. The average molecular weight is 403 g/mol. The van der Waals surface area contributed by atoms with Crippen molar-refractivity contribution in [1.29, 1.82) is 0 Å². The van der Waals surface area contributed by atoms with Crippen molar-refractivity contribution < 1.29 is 18.3 Å². The maximum absolute atomic E-state index is 13.7. The summed E-state index contributed by atoms with van der Waals surface area (Å²) in [6.07, 6.45) is 4.61. The summed E-state index contributed by atoms with van der Waals surface area (Å²) >= 11 is 0. The van der Waals surface area contributed by atoms with E-state index in [2.05, 4.69) is 30.7 Å². The van der Waals surface area contributed by atoms with Crippen LogP contribution in [0.4, 0.5) is 26.1 Å². The first kappa shape index (κ1) is 20.1. The molecule has 152 valence electrons. The third-order valence-corrected chi connectivity index (χ3v) is 3.74. The smallest absolute Gasteiger partial charge is 0.303 e. The molecule has 0 unspecified atom stereocenters. The van der Waals surface area contributed by atoms with Crippen LogP contribution >= 0.6 is 0 Å². The zero-order valence-electron chi connectivity index (χ0n) is 16.2. The lowest BCUT2D eigenvalue weighted by Gasteiger charge is -2.15. The number of carbonyl (C=O) groups is 1. The molecule has 1 amide bonds. The van der Waals surface area contributed by atoms with Crippen molar-refractivity contribution in [3.63, 3.8) is 0 Å². The van der Waals surface area contributed by atoms with Gasteiger partial charge in [0.2, 0.25) is 11.7 Å². The molecular weight excluding hydrogens is 384 g/mol. The van der Waals surface area contributed by atoms with E-state index in [9.17, 15) is 13.6 Å². The van der Waals surface area contributed by atoms with Crippen LogP contribution in [0.3, 0.4) is 0 Å². The van der Waals surface area contributed by atoms with Gasteiger partial charge in [-0.3, -0.25) is 4.79 Å². The minimum Gasteiger partial charge on any atom is -0.493 e. The molecule has 29 heavy (non-hydrogen) atoms. The van der Waals surface area contributed by atoms with Gasteiger partial charge in [-0.05, 0) is 6.92 Å². The van der Waals surface area contributed by atoms with Gasteiger partial charge in [0.15, 0.2) is 5.75 Å². The Kier molecular flexibility index (Phi) is 5.39. The van der Waals surface area contributed by atoms with E-state index in [-0.39, 0.29) is 17.5 Å². The van der Waals surface area contributed by atoms with Crippen LogP contribution in [-0.2, 0) is 10.7 Å². The summed E-state index contributed by atoms with van der Waals surface area (Å²) in [6, 6.07) is 3.08. The van der Waals surface area contributed by atoms with Gasteiger partial charge in [-0.2, -0.15) is 13.9 Å². The molecule has 0 atom stereocenters. The maximum Gasteiger partial charge on any atom is 0.303 e. The zero-order valence-corrected chi connectivity index (χ0v) is 16.2. The summed E-state index contributed by atoms with van der Waals surface area (Å²) in [6.45, 7) is 3.68. The summed E-state index contributed by atoms with van der Waals surface area (Å²) in [5, 5.41) is 9.76. The molecule has 0 aliphatic heterocycles. The molecule has 3 heterocycles. The number of anilines is 3. The number of hydrogen-bond donors (Lipinski definition) is 2. The predicted molar refractivity (Wildman–Crippen MR) is 102 cm³/mol. The van der Waals surface area contributed by atoms with Gasteiger partial charge in [0.05, 0.1) is 31.4 Å². The fourth-order valence-electron chi connectivity index (χ4n) is 2.49. The zero-order chi connectivity index (χ0) is 21.2. The number of nitrogens with zero attached hydrogens (tertiary/aromatic N) is 5. The minimum atomic E-state index is -3.19. The monoisotopic (exact) mass is 403 g/mol. The van der Waals surface area contributed by atoms with E-state index in [0.717, 1.165) is 6.92 Å². The normalized spacial score (nSPS) is 11.2. The van der Waals surface area contributed by atoms with Gasteiger partial charge in [-0.1, -0.05) is 0 Å². The highest BCUT2D eigenvalue weighted by atomic mass is 19.3. The molecule has 0 aromatic carbocycles. The molecule has 3 rings (SSSR count). The van der Waals surface area contributed by atoms with E-state index in [1.165, 1.54) is 37.2 Å². The molecule has 0 bridgehead atoms. The highest BCUT2D eigenvalue weighted by Crippen LogP contribution is 2.29. The third-order valence-electron chi connectivity index (χ3n) is 3.74. The lowest BCUT2D eigenvalue weighted by Crippen LogP contribution is -2.15. The molecular formula is C18H19F2N7O2. The molecule has 0 radical (unpaired) electrons. The second-order valence-electron chi connectivity index (χ2n) is 6.32. The quantitative estimate of drug-likeness (QED) is 0.651. The Balaban J connectivity index is 2.06. The fraction of sp³-hybridized carbons (Fsp3) is 0.278. The summed E-state index contributed by atoms with van der Waals surface area (Å²) < 4.78 is 34.0. The average Bonchev–Trinajstić information content (AvgIpc) is 3.09. The number of aryl methyl sites for hydroxylation is 1. The largest absolute Gasteiger partial charge is 0.493 e. The first-order valence-electron chi connectivity index (χ1n) is 8.53. The number of methoxy groups -OCH3 is 1. The molecule has 3 aromatic rings. The molecule has 3 aromatic heterocycles. The molecule has 0 saturated heterocycles. The number of halogens is 2. The van der Waals surface area contributed by atoms with Gasteiger partial charge in [0.1, 0.15) is 17.3 Å². The number of amides is 1. The summed E-state index contributed by atoms with van der Waals surface area (Å²) in [5.41, 5.74) is 1.29. The van der Waals surface area contributed by atoms with Crippen LogP contribution in [0.1, 0.15) is 25.4 Å². The fourth-order valence-corrected chi connectivity index (χ4v) is 2.49. The summed E-state index contributed by atoms with van der Waals surface area (Å²) in [5.74, 6) is -3.14. The first-order chi connectivity index (χ1) is 13.7. The molecule has 2 N–H and O–H groups in total. The van der Waals surface area contributed by atoms with Crippen molar-refractivity contribution in [1.82, 2.24) is 24.7 Å². The first-order valence-corrected chi connectivity index (χ1v) is 8.53. The van der Waals surface area contributed by atoms with Gasteiger partial charge in [-0.15, -0.1) is 0 Å². The van der Waals surface area contributed by atoms with Crippen LogP contribution < -0.4 is 15.4 Å². The molecule has 0 fully saturated rings. The van der Waals surface area contributed by atoms with Gasteiger partial charge in [0, 0.05) is 31.7 Å². The number of alkyl halides is 2. The van der Waals surface area contributed by atoms with Crippen LogP contribution in [0.2, 0.25) is 0 Å². The van der Waals surface area contributed by atoms with E-state index in [4.69, 9.17) is 4.74 Å². The Morgan fingerprint density at radius 3 is 2.59 bits per heavy atom. The Hall–Kier alpha value is -3.63. The van der Waals surface area contributed by atoms with Crippen molar-refractivity contribution in [2.45, 2.75) is 26.7 Å². The number of nitrogens with one attached hydrogen (secondary N) is 2. The number of carbonyl (C=O) groups excluding carboxylic acids is 1. The maximum atomic E-state index is 13.7. The van der Waals surface area contributed by atoms with Crippen molar-refractivity contribution >= 4 is 23.2 Å². The Labute approximate surface area is 165 Å². The number of aromatic nitrogens is 5. The lowest BCUT2D eigenvalue weighted by atomic mass is 10.3. The minimum absolute atomic E-state index is 0.161. The number of ether oxygens (including phenoxy) is 1. The van der Waals surface area contributed by atoms with E-state index in [1.807, 2.05) is 0 Å². The Morgan fingerprint density at radius 1 is 1.21 bits per heavy atom. The van der Waals surface area contributed by atoms with Crippen LogP contribution in [0.5, 0.6) is 5.75 Å². The van der Waals surface area contributed by atoms with Gasteiger partial charge in [0.25, 0.3) is 0 Å². The molecule has 0 spiro atoms. The second-order valence-corrected chi connectivity index (χ2v) is 6.32. The van der Waals surface area contributed by atoms with E-state index >= 15 is 0 Å². The van der Waals surface area contributed by atoms with Gasteiger partial charge < -0.3 is 15.4 Å². The summed E-state index contributed by atoms with van der Waals surface area (Å²) in [4.78, 5) is 23.3. The van der Waals surface area contributed by atoms with Crippen molar-refractivity contribution in [2.24, 2.45) is 0 Å². The predicted octanol–water partition coefficient (Wildman–Crippen LogP) is 3.19. The lowest BCUT2D eigenvalue weighted by molar-refractivity contribution is -0.114. The van der Waals surface area contributed by atoms with Crippen molar-refractivity contribution in [2.75, 3.05) is 17.7 Å². The number of pyridine rings is 1. The highest BCUT2D eigenvalue weighted by Gasteiger charge is 2.29. The highest BCUT2D eigenvalue weighted by molar-refractivity contribution is 5.88. The Morgan fingerprint density at radius 2 is 1.97 bits per heavy atom.